The number of benzene rings is 1. The molecule has 0 unspecified atom stereocenters. The van der Waals surface area contributed by atoms with Crippen LogP contribution in [0.5, 0.6) is 5.88 Å². The van der Waals surface area contributed by atoms with Crippen LogP contribution in [-0.2, 0) is 6.61 Å². The van der Waals surface area contributed by atoms with E-state index in [1.54, 1.807) is 15.9 Å². The number of thiophene rings is 1. The van der Waals surface area contributed by atoms with Crippen LogP contribution in [-0.4, -0.2) is 19.5 Å². The minimum atomic E-state index is -0.216. The van der Waals surface area contributed by atoms with Gasteiger partial charge >= 0.3 is 0 Å². The van der Waals surface area contributed by atoms with Crippen molar-refractivity contribution in [2.45, 2.75) is 54.1 Å². The molecule has 34 heavy (non-hydrogen) atoms. The Morgan fingerprint density at radius 1 is 1.09 bits per heavy atom. The second kappa shape index (κ2) is 9.80. The largest absolute Gasteiger partial charge is 0.472 e. The number of rotatable bonds is 6. The van der Waals surface area contributed by atoms with Crippen molar-refractivity contribution >= 4 is 27.3 Å². The van der Waals surface area contributed by atoms with Gasteiger partial charge in [-0.2, -0.15) is 4.98 Å². The Morgan fingerprint density at radius 3 is 2.53 bits per heavy atom. The van der Waals surface area contributed by atoms with Crippen molar-refractivity contribution in [1.29, 1.82) is 0 Å². The summed E-state index contributed by atoms with van der Waals surface area (Å²) in [5.41, 5.74) is 5.34. The molecule has 1 aromatic carbocycles. The van der Waals surface area contributed by atoms with E-state index in [4.69, 9.17) is 9.72 Å². The van der Waals surface area contributed by atoms with E-state index in [2.05, 4.69) is 52.7 Å². The Hall–Kier alpha value is -2.84. The van der Waals surface area contributed by atoms with E-state index in [0.717, 1.165) is 39.5 Å². The van der Waals surface area contributed by atoms with Crippen molar-refractivity contribution in [3.63, 3.8) is 0 Å². The molecular weight excluding hydrogens is 512 g/mol. The van der Waals surface area contributed by atoms with Gasteiger partial charge in [-0.3, -0.25) is 9.36 Å². The molecule has 0 radical (unpaired) electrons. The van der Waals surface area contributed by atoms with Crippen LogP contribution in [0.25, 0.3) is 16.9 Å². The molecule has 3 heterocycles. The van der Waals surface area contributed by atoms with Crippen molar-refractivity contribution in [3.05, 3.63) is 83.9 Å². The quantitative estimate of drug-likeness (QED) is 0.282. The number of hydrogen-bond donors (Lipinski definition) is 0. The molecule has 0 fully saturated rings. The summed E-state index contributed by atoms with van der Waals surface area (Å²) in [6.45, 7) is 12.3. The predicted molar refractivity (Wildman–Crippen MR) is 140 cm³/mol. The number of hydrogen-bond acceptors (Lipinski definition) is 6. The van der Waals surface area contributed by atoms with Crippen LogP contribution in [0.4, 0.5) is 0 Å². The van der Waals surface area contributed by atoms with Gasteiger partial charge in [-0.15, -0.1) is 11.3 Å². The van der Waals surface area contributed by atoms with Gasteiger partial charge in [-0.05, 0) is 72.3 Å². The van der Waals surface area contributed by atoms with E-state index in [0.29, 0.717) is 22.8 Å². The van der Waals surface area contributed by atoms with Gasteiger partial charge in [0.15, 0.2) is 0 Å². The maximum atomic E-state index is 13.4. The highest BCUT2D eigenvalue weighted by Gasteiger charge is 2.18. The van der Waals surface area contributed by atoms with Crippen molar-refractivity contribution in [2.24, 2.45) is 0 Å². The van der Waals surface area contributed by atoms with Gasteiger partial charge in [-0.25, -0.2) is 9.97 Å². The Morgan fingerprint density at radius 2 is 1.85 bits per heavy atom. The number of halogens is 1. The molecule has 0 bridgehead atoms. The Labute approximate surface area is 211 Å². The monoisotopic (exact) mass is 538 g/mol. The van der Waals surface area contributed by atoms with Gasteiger partial charge < -0.3 is 4.74 Å². The molecule has 176 valence electrons. The first-order valence-corrected chi connectivity index (χ1v) is 12.7. The third-order valence-corrected chi connectivity index (χ3v) is 7.14. The maximum absolute atomic E-state index is 13.4. The standard InChI is InChI=1S/C26H27BrN4O2S/c1-14(2)24-28-11-16(4)23(30-24)20-8-7-15(3)21(10-20)31-18(6)29-25(22(27)26(31)32)33-12-19-9-17(5)34-13-19/h7-11,13-14H,12H2,1-6H3. The van der Waals surface area contributed by atoms with Crippen LogP contribution in [0.3, 0.4) is 0 Å². The van der Waals surface area contributed by atoms with Crippen LogP contribution in [0.1, 0.15) is 53.0 Å². The Kier molecular flexibility index (Phi) is 7.00. The number of aromatic nitrogens is 4. The van der Waals surface area contributed by atoms with Gasteiger partial charge in [0.1, 0.15) is 22.7 Å². The molecule has 0 aliphatic heterocycles. The van der Waals surface area contributed by atoms with E-state index in [9.17, 15) is 4.79 Å². The van der Waals surface area contributed by atoms with Crippen LogP contribution in [0.15, 0.2) is 45.1 Å². The molecule has 8 heteroatoms. The van der Waals surface area contributed by atoms with Gasteiger partial charge in [-0.1, -0.05) is 26.0 Å². The lowest BCUT2D eigenvalue weighted by Crippen LogP contribution is -2.24. The SMILES string of the molecule is Cc1cc(COc2nc(C)n(-c3cc(-c4nc(C(C)C)ncc4C)ccc3C)c(=O)c2Br)cs1. The van der Waals surface area contributed by atoms with Gasteiger partial charge in [0.25, 0.3) is 5.56 Å². The summed E-state index contributed by atoms with van der Waals surface area (Å²) < 4.78 is 7.80. The summed E-state index contributed by atoms with van der Waals surface area (Å²) >= 11 is 5.09. The molecule has 0 aliphatic carbocycles. The number of aryl methyl sites for hydroxylation is 4. The Balaban J connectivity index is 1.76. The topological polar surface area (TPSA) is 69.9 Å². The first kappa shape index (κ1) is 24.3. The predicted octanol–water partition coefficient (Wildman–Crippen LogP) is 6.45. The second-order valence-electron chi connectivity index (χ2n) is 8.69. The second-order valence-corrected chi connectivity index (χ2v) is 10.6. The first-order chi connectivity index (χ1) is 16.2. The molecule has 6 nitrogen and oxygen atoms in total. The zero-order valence-corrected chi connectivity index (χ0v) is 22.5. The minimum Gasteiger partial charge on any atom is -0.472 e. The normalized spacial score (nSPS) is 11.3. The third kappa shape index (κ3) is 4.83. The number of nitrogens with zero attached hydrogens (tertiary/aromatic N) is 4. The molecular formula is C26H27BrN4O2S. The fraction of sp³-hybridized carbons (Fsp3) is 0.308. The molecule has 0 N–H and O–H groups in total. The molecule has 0 saturated carbocycles. The first-order valence-electron chi connectivity index (χ1n) is 11.1. The molecule has 0 saturated heterocycles. The van der Waals surface area contributed by atoms with Gasteiger partial charge in [0.05, 0.1) is 11.4 Å². The van der Waals surface area contributed by atoms with E-state index in [1.807, 2.05) is 50.5 Å². The maximum Gasteiger partial charge on any atom is 0.276 e. The van der Waals surface area contributed by atoms with Crippen molar-refractivity contribution < 1.29 is 4.74 Å². The van der Waals surface area contributed by atoms with E-state index < -0.39 is 0 Å². The fourth-order valence-electron chi connectivity index (χ4n) is 3.71. The molecule has 4 rings (SSSR count). The van der Waals surface area contributed by atoms with E-state index >= 15 is 0 Å². The lowest BCUT2D eigenvalue weighted by molar-refractivity contribution is 0.289. The zero-order valence-electron chi connectivity index (χ0n) is 20.1. The summed E-state index contributed by atoms with van der Waals surface area (Å²) in [6.07, 6.45) is 1.86. The summed E-state index contributed by atoms with van der Waals surface area (Å²) in [6, 6.07) is 8.10. The van der Waals surface area contributed by atoms with E-state index in [1.165, 1.54) is 4.88 Å². The summed E-state index contributed by atoms with van der Waals surface area (Å²) in [7, 11) is 0. The minimum absolute atomic E-state index is 0.216. The summed E-state index contributed by atoms with van der Waals surface area (Å²) in [4.78, 5) is 28.5. The van der Waals surface area contributed by atoms with Crippen LogP contribution >= 0.6 is 27.3 Å². The molecule has 4 aromatic rings. The molecule has 0 atom stereocenters. The molecule has 0 spiro atoms. The number of ether oxygens (including phenoxy) is 1. The highest BCUT2D eigenvalue weighted by atomic mass is 79.9. The molecule has 0 amide bonds. The third-order valence-electron chi connectivity index (χ3n) is 5.56. The Bertz CT molecular complexity index is 1430. The zero-order chi connectivity index (χ0) is 24.6. The highest BCUT2D eigenvalue weighted by Crippen LogP contribution is 2.28. The lowest BCUT2D eigenvalue weighted by atomic mass is 10.0. The van der Waals surface area contributed by atoms with Gasteiger partial charge in [0, 0.05) is 28.1 Å². The van der Waals surface area contributed by atoms with Crippen LogP contribution < -0.4 is 10.3 Å². The van der Waals surface area contributed by atoms with Crippen LogP contribution in [0.2, 0.25) is 0 Å². The average molecular weight is 539 g/mol. The lowest BCUT2D eigenvalue weighted by Gasteiger charge is -2.17. The smallest absolute Gasteiger partial charge is 0.276 e. The molecule has 0 aliphatic rings. The van der Waals surface area contributed by atoms with E-state index in [-0.39, 0.29) is 11.5 Å². The van der Waals surface area contributed by atoms with Crippen molar-refractivity contribution in [1.82, 2.24) is 19.5 Å². The average Bonchev–Trinajstić information content (AvgIpc) is 3.22. The molecule has 3 aromatic heterocycles. The fourth-order valence-corrected chi connectivity index (χ4v) is 4.78. The van der Waals surface area contributed by atoms with Crippen molar-refractivity contribution in [2.75, 3.05) is 0 Å². The van der Waals surface area contributed by atoms with Gasteiger partial charge in [0.2, 0.25) is 5.88 Å². The summed E-state index contributed by atoms with van der Waals surface area (Å²) in [5.74, 6) is 1.86. The van der Waals surface area contributed by atoms with Crippen molar-refractivity contribution in [3.8, 4) is 22.8 Å². The summed E-state index contributed by atoms with van der Waals surface area (Å²) in [5, 5.41) is 2.05. The highest BCUT2D eigenvalue weighted by molar-refractivity contribution is 9.10. The van der Waals surface area contributed by atoms with Crippen LogP contribution in [0, 0.1) is 27.7 Å².